The number of thiophene rings is 1. The van der Waals surface area contributed by atoms with Crippen LogP contribution in [0.15, 0.2) is 41.3 Å². The number of esters is 1. The maximum atomic E-state index is 12.1. The molecule has 0 aliphatic heterocycles. The molecule has 0 bridgehead atoms. The van der Waals surface area contributed by atoms with Gasteiger partial charge in [0.1, 0.15) is 0 Å². The highest BCUT2D eigenvalue weighted by atomic mass is 32.2. The lowest BCUT2D eigenvalue weighted by Crippen LogP contribution is -2.22. The van der Waals surface area contributed by atoms with Crippen molar-refractivity contribution in [3.8, 4) is 0 Å². The molecule has 134 valence electrons. The Morgan fingerprint density at radius 3 is 2.48 bits per heavy atom. The third-order valence-electron chi connectivity index (χ3n) is 3.47. The zero-order chi connectivity index (χ0) is 18.6. The maximum Gasteiger partial charge on any atom is 0.338 e. The number of benzene rings is 1. The van der Waals surface area contributed by atoms with Crippen molar-refractivity contribution in [3.05, 3.63) is 51.7 Å². The van der Waals surface area contributed by atoms with Gasteiger partial charge in [-0.15, -0.1) is 11.3 Å². The first-order valence-electron chi connectivity index (χ1n) is 7.57. The van der Waals surface area contributed by atoms with E-state index in [1.165, 1.54) is 49.7 Å². The van der Waals surface area contributed by atoms with E-state index < -0.39 is 16.0 Å². The van der Waals surface area contributed by atoms with Gasteiger partial charge in [-0.25, -0.2) is 17.5 Å². The standard InChI is InChI=1S/C17H19NO5S2/c1-4-13-8-9-16(24-13)15(19)11-23-17(20)12-6-5-7-14(10-12)25(21,22)18(2)3/h5-10H,4,11H2,1-3H3. The van der Waals surface area contributed by atoms with Gasteiger partial charge in [0, 0.05) is 19.0 Å². The predicted molar refractivity (Wildman–Crippen MR) is 95.6 cm³/mol. The van der Waals surface area contributed by atoms with E-state index in [1.54, 1.807) is 6.07 Å². The van der Waals surface area contributed by atoms with Gasteiger partial charge in [0.2, 0.25) is 15.8 Å². The van der Waals surface area contributed by atoms with Gasteiger partial charge in [-0.2, -0.15) is 0 Å². The van der Waals surface area contributed by atoms with E-state index >= 15 is 0 Å². The number of ether oxygens (including phenoxy) is 1. The Morgan fingerprint density at radius 1 is 1.16 bits per heavy atom. The SMILES string of the molecule is CCc1ccc(C(=O)COC(=O)c2cccc(S(=O)(=O)N(C)C)c2)s1. The van der Waals surface area contributed by atoms with Crippen molar-refractivity contribution in [3.63, 3.8) is 0 Å². The number of carbonyl (C=O) groups is 2. The van der Waals surface area contributed by atoms with Crippen molar-refractivity contribution in [2.24, 2.45) is 0 Å². The van der Waals surface area contributed by atoms with Crippen LogP contribution in [0.2, 0.25) is 0 Å². The van der Waals surface area contributed by atoms with E-state index in [0.29, 0.717) is 4.88 Å². The van der Waals surface area contributed by atoms with Crippen LogP contribution in [0.3, 0.4) is 0 Å². The molecule has 0 aliphatic rings. The topological polar surface area (TPSA) is 80.8 Å². The smallest absolute Gasteiger partial charge is 0.338 e. The van der Waals surface area contributed by atoms with Crippen LogP contribution in [-0.2, 0) is 21.2 Å². The molecule has 0 N–H and O–H groups in total. The van der Waals surface area contributed by atoms with Crippen molar-refractivity contribution in [2.75, 3.05) is 20.7 Å². The van der Waals surface area contributed by atoms with Crippen LogP contribution in [0.25, 0.3) is 0 Å². The average molecular weight is 381 g/mol. The van der Waals surface area contributed by atoms with Crippen LogP contribution in [0.4, 0.5) is 0 Å². The van der Waals surface area contributed by atoms with Gasteiger partial charge in [0.25, 0.3) is 0 Å². The normalized spacial score (nSPS) is 11.5. The van der Waals surface area contributed by atoms with Crippen molar-refractivity contribution >= 4 is 33.1 Å². The monoisotopic (exact) mass is 381 g/mol. The first-order chi connectivity index (χ1) is 11.8. The van der Waals surface area contributed by atoms with Crippen LogP contribution in [0, 0.1) is 0 Å². The summed E-state index contributed by atoms with van der Waals surface area (Å²) in [7, 11) is -0.832. The maximum absolute atomic E-state index is 12.1. The van der Waals surface area contributed by atoms with Gasteiger partial charge >= 0.3 is 5.97 Å². The lowest BCUT2D eigenvalue weighted by molar-refractivity contribution is 0.0475. The molecule has 0 aliphatic carbocycles. The molecule has 0 saturated carbocycles. The molecule has 0 saturated heterocycles. The van der Waals surface area contributed by atoms with E-state index in [2.05, 4.69) is 0 Å². The lowest BCUT2D eigenvalue weighted by atomic mass is 10.2. The van der Waals surface area contributed by atoms with Crippen LogP contribution >= 0.6 is 11.3 Å². The highest BCUT2D eigenvalue weighted by molar-refractivity contribution is 7.89. The number of hydrogen-bond donors (Lipinski definition) is 0. The second-order valence-electron chi connectivity index (χ2n) is 5.43. The molecule has 0 unspecified atom stereocenters. The molecule has 0 radical (unpaired) electrons. The summed E-state index contributed by atoms with van der Waals surface area (Å²) >= 11 is 1.37. The summed E-state index contributed by atoms with van der Waals surface area (Å²) < 4.78 is 30.3. The number of Topliss-reactive ketones (excluding diaryl/α,β-unsaturated/α-hetero) is 1. The van der Waals surface area contributed by atoms with Gasteiger partial charge in [0.05, 0.1) is 15.3 Å². The zero-order valence-corrected chi connectivity index (χ0v) is 15.8. The highest BCUT2D eigenvalue weighted by Gasteiger charge is 2.20. The number of ketones is 1. The fraction of sp³-hybridized carbons (Fsp3) is 0.294. The molecule has 8 heteroatoms. The summed E-state index contributed by atoms with van der Waals surface area (Å²) in [6, 6.07) is 9.13. The minimum absolute atomic E-state index is 0.0101. The number of sulfonamides is 1. The predicted octanol–water partition coefficient (Wildman–Crippen LogP) is 2.60. The fourth-order valence-electron chi connectivity index (χ4n) is 2.00. The first-order valence-corrected chi connectivity index (χ1v) is 9.83. The van der Waals surface area contributed by atoms with E-state index in [-0.39, 0.29) is 22.8 Å². The highest BCUT2D eigenvalue weighted by Crippen LogP contribution is 2.18. The second kappa shape index (κ2) is 7.90. The first kappa shape index (κ1) is 19.3. The number of rotatable bonds is 7. The molecule has 2 aromatic rings. The molecule has 0 atom stereocenters. The van der Waals surface area contributed by atoms with E-state index in [1.807, 2.05) is 13.0 Å². The summed E-state index contributed by atoms with van der Waals surface area (Å²) in [6.07, 6.45) is 0.838. The Labute approximate surface area is 151 Å². The summed E-state index contributed by atoms with van der Waals surface area (Å²) in [6.45, 7) is 1.61. The zero-order valence-electron chi connectivity index (χ0n) is 14.2. The Hall–Kier alpha value is -2.03. The quantitative estimate of drug-likeness (QED) is 0.544. The fourth-order valence-corrected chi connectivity index (χ4v) is 3.82. The summed E-state index contributed by atoms with van der Waals surface area (Å²) in [5, 5.41) is 0. The molecular formula is C17H19NO5S2. The molecule has 25 heavy (non-hydrogen) atoms. The molecular weight excluding hydrogens is 362 g/mol. The molecule has 6 nitrogen and oxygen atoms in total. The molecule has 0 fully saturated rings. The summed E-state index contributed by atoms with van der Waals surface area (Å²) in [5.41, 5.74) is 0.0798. The van der Waals surface area contributed by atoms with Crippen molar-refractivity contribution in [2.45, 2.75) is 18.2 Å². The summed E-state index contributed by atoms with van der Waals surface area (Å²) in [4.78, 5) is 25.8. The van der Waals surface area contributed by atoms with Crippen LogP contribution in [0.5, 0.6) is 0 Å². The number of hydrogen-bond acceptors (Lipinski definition) is 6. The second-order valence-corrected chi connectivity index (χ2v) is 8.75. The van der Waals surface area contributed by atoms with Crippen molar-refractivity contribution < 1.29 is 22.7 Å². The van der Waals surface area contributed by atoms with Gasteiger partial charge < -0.3 is 4.74 Å². The Kier molecular flexibility index (Phi) is 6.10. The third kappa shape index (κ3) is 4.53. The molecule has 0 spiro atoms. The Bertz CT molecular complexity index is 884. The van der Waals surface area contributed by atoms with Crippen molar-refractivity contribution in [1.29, 1.82) is 0 Å². The number of nitrogens with zero attached hydrogens (tertiary/aromatic N) is 1. The van der Waals surface area contributed by atoms with E-state index in [9.17, 15) is 18.0 Å². The number of carbonyl (C=O) groups excluding carboxylic acids is 2. The Morgan fingerprint density at radius 2 is 1.88 bits per heavy atom. The van der Waals surface area contributed by atoms with Gasteiger partial charge in [-0.05, 0) is 36.8 Å². The largest absolute Gasteiger partial charge is 0.454 e. The van der Waals surface area contributed by atoms with Gasteiger partial charge in [-0.3, -0.25) is 4.79 Å². The summed E-state index contributed by atoms with van der Waals surface area (Å²) in [5.74, 6) is -1.02. The lowest BCUT2D eigenvalue weighted by Gasteiger charge is -2.12. The molecule has 1 heterocycles. The number of aryl methyl sites for hydroxylation is 1. The van der Waals surface area contributed by atoms with Crippen LogP contribution < -0.4 is 0 Å². The minimum atomic E-state index is -3.65. The van der Waals surface area contributed by atoms with Gasteiger partial charge in [-0.1, -0.05) is 13.0 Å². The van der Waals surface area contributed by atoms with Crippen molar-refractivity contribution in [1.82, 2.24) is 4.31 Å². The molecule has 1 aromatic carbocycles. The van der Waals surface area contributed by atoms with Crippen LogP contribution in [-0.4, -0.2) is 45.2 Å². The van der Waals surface area contributed by atoms with E-state index in [4.69, 9.17) is 4.74 Å². The molecule has 0 amide bonds. The average Bonchev–Trinajstić information content (AvgIpc) is 3.08. The van der Waals surface area contributed by atoms with Crippen LogP contribution in [0.1, 0.15) is 31.8 Å². The van der Waals surface area contributed by atoms with E-state index in [0.717, 1.165) is 15.6 Å². The molecule has 1 aromatic heterocycles. The Balaban J connectivity index is 2.07. The third-order valence-corrected chi connectivity index (χ3v) is 6.55. The van der Waals surface area contributed by atoms with Gasteiger partial charge in [0.15, 0.2) is 6.61 Å². The minimum Gasteiger partial charge on any atom is -0.454 e. The molecule has 2 rings (SSSR count).